The van der Waals surface area contributed by atoms with Gasteiger partial charge in [-0.25, -0.2) is 0 Å². The van der Waals surface area contributed by atoms with Gasteiger partial charge in [0, 0.05) is 24.1 Å². The number of carbonyl (C=O) groups is 1. The van der Waals surface area contributed by atoms with Gasteiger partial charge in [0.15, 0.2) is 0 Å². The molecule has 0 aliphatic carbocycles. The van der Waals surface area contributed by atoms with Crippen LogP contribution in [-0.2, 0) is 13.0 Å². The fraction of sp³-hybridized carbons (Fsp3) is 0.458. The second kappa shape index (κ2) is 7.71. The largest absolute Gasteiger partial charge is 0.493 e. The molecule has 3 atom stereocenters. The maximum absolute atomic E-state index is 11.9. The van der Waals surface area contributed by atoms with E-state index in [1.807, 2.05) is 18.2 Å². The van der Waals surface area contributed by atoms with Crippen LogP contribution in [0.25, 0.3) is 0 Å². The third-order valence-electron chi connectivity index (χ3n) is 6.66. The third kappa shape index (κ3) is 3.60. The second-order valence-corrected chi connectivity index (χ2v) is 8.43. The van der Waals surface area contributed by atoms with Crippen LogP contribution in [0.2, 0.25) is 0 Å². The monoisotopic (exact) mass is 392 g/mol. The minimum absolute atomic E-state index is 0.00918. The van der Waals surface area contributed by atoms with Crippen molar-refractivity contribution < 1.29 is 14.3 Å². The minimum atomic E-state index is -0.00918. The van der Waals surface area contributed by atoms with Crippen molar-refractivity contribution in [1.29, 1.82) is 0 Å². The summed E-state index contributed by atoms with van der Waals surface area (Å²) in [6.07, 6.45) is 3.30. The van der Waals surface area contributed by atoms with Crippen LogP contribution in [0.4, 0.5) is 0 Å². The average Bonchev–Trinajstić information content (AvgIpc) is 3.12. The first-order valence-corrected chi connectivity index (χ1v) is 10.7. The van der Waals surface area contributed by atoms with Gasteiger partial charge >= 0.3 is 0 Å². The van der Waals surface area contributed by atoms with Crippen molar-refractivity contribution in [3.05, 3.63) is 58.7 Å². The van der Waals surface area contributed by atoms with Gasteiger partial charge in [0.05, 0.1) is 13.2 Å². The van der Waals surface area contributed by atoms with E-state index in [4.69, 9.17) is 9.47 Å². The molecule has 29 heavy (non-hydrogen) atoms. The molecule has 152 valence electrons. The van der Waals surface area contributed by atoms with E-state index in [1.54, 1.807) is 0 Å². The van der Waals surface area contributed by atoms with Gasteiger partial charge in [-0.2, -0.15) is 0 Å². The summed E-state index contributed by atoms with van der Waals surface area (Å²) in [7, 11) is 0. The molecule has 2 aromatic carbocycles. The molecule has 1 amide bonds. The molecule has 1 fully saturated rings. The van der Waals surface area contributed by atoms with Crippen LogP contribution in [0.15, 0.2) is 36.4 Å². The number of ether oxygens (including phenoxy) is 2. The number of hydrogen-bond donors (Lipinski definition) is 2. The second-order valence-electron chi connectivity index (χ2n) is 8.43. The Morgan fingerprint density at radius 3 is 3.00 bits per heavy atom. The Hall–Kier alpha value is -2.53. The van der Waals surface area contributed by atoms with Gasteiger partial charge < -0.3 is 20.1 Å². The van der Waals surface area contributed by atoms with Gasteiger partial charge in [-0.05, 0) is 73.5 Å². The molecule has 1 unspecified atom stereocenters. The molecule has 0 radical (unpaired) electrons. The number of benzene rings is 2. The van der Waals surface area contributed by atoms with Gasteiger partial charge in [0.25, 0.3) is 5.91 Å². The molecule has 0 bridgehead atoms. The van der Waals surface area contributed by atoms with E-state index in [9.17, 15) is 4.79 Å². The van der Waals surface area contributed by atoms with E-state index in [1.165, 1.54) is 11.1 Å². The van der Waals surface area contributed by atoms with Gasteiger partial charge in [-0.3, -0.25) is 4.79 Å². The first kappa shape index (κ1) is 18.5. The van der Waals surface area contributed by atoms with Crippen LogP contribution in [0.1, 0.15) is 52.7 Å². The predicted molar refractivity (Wildman–Crippen MR) is 112 cm³/mol. The highest BCUT2D eigenvalue weighted by Crippen LogP contribution is 2.37. The van der Waals surface area contributed by atoms with Gasteiger partial charge in [0.2, 0.25) is 0 Å². The van der Waals surface area contributed by atoms with Gasteiger partial charge in [-0.15, -0.1) is 0 Å². The molecule has 5 rings (SSSR count). The first-order valence-electron chi connectivity index (χ1n) is 10.7. The molecule has 3 aliphatic heterocycles. The summed E-state index contributed by atoms with van der Waals surface area (Å²) in [5.41, 5.74) is 4.45. The molecular formula is C24H28N2O3. The maximum atomic E-state index is 11.9. The van der Waals surface area contributed by atoms with Crippen molar-refractivity contribution in [3.63, 3.8) is 0 Å². The fourth-order valence-electron chi connectivity index (χ4n) is 4.92. The first-order chi connectivity index (χ1) is 14.2. The topological polar surface area (TPSA) is 59.6 Å². The van der Waals surface area contributed by atoms with Crippen molar-refractivity contribution in [2.45, 2.75) is 44.7 Å². The molecule has 0 aromatic heterocycles. The predicted octanol–water partition coefficient (Wildman–Crippen LogP) is 3.42. The molecule has 2 aromatic rings. The van der Waals surface area contributed by atoms with Crippen molar-refractivity contribution in [2.75, 3.05) is 19.8 Å². The Morgan fingerprint density at radius 1 is 1.17 bits per heavy atom. The summed E-state index contributed by atoms with van der Waals surface area (Å²) in [4.78, 5) is 11.9. The normalized spacial score (nSPS) is 25.6. The number of rotatable bonds is 4. The summed E-state index contributed by atoms with van der Waals surface area (Å²) in [5.74, 6) is 2.60. The van der Waals surface area contributed by atoms with Crippen molar-refractivity contribution in [3.8, 4) is 11.5 Å². The zero-order chi connectivity index (χ0) is 19.8. The lowest BCUT2D eigenvalue weighted by Crippen LogP contribution is -2.45. The maximum Gasteiger partial charge on any atom is 0.252 e. The Kier molecular flexibility index (Phi) is 4.92. The lowest BCUT2D eigenvalue weighted by Gasteiger charge is -2.38. The van der Waals surface area contributed by atoms with Crippen LogP contribution < -0.4 is 20.1 Å². The van der Waals surface area contributed by atoms with Crippen LogP contribution >= 0.6 is 0 Å². The zero-order valence-electron chi connectivity index (χ0n) is 16.9. The van der Waals surface area contributed by atoms with Gasteiger partial charge in [0.1, 0.15) is 11.5 Å². The summed E-state index contributed by atoms with van der Waals surface area (Å²) in [6, 6.07) is 13.0. The number of amides is 1. The van der Waals surface area contributed by atoms with E-state index < -0.39 is 0 Å². The number of aryl methyl sites for hydroxylation is 1. The highest BCUT2D eigenvalue weighted by atomic mass is 16.5. The summed E-state index contributed by atoms with van der Waals surface area (Å²) in [6.45, 7) is 5.31. The average molecular weight is 392 g/mol. The van der Waals surface area contributed by atoms with E-state index in [0.717, 1.165) is 55.0 Å². The van der Waals surface area contributed by atoms with E-state index in [2.05, 4.69) is 35.8 Å². The fourth-order valence-corrected chi connectivity index (χ4v) is 4.92. The molecule has 0 saturated carbocycles. The lowest BCUT2D eigenvalue weighted by atomic mass is 9.77. The molecule has 3 heterocycles. The number of fused-ring (bicyclic) bond motifs is 2. The quantitative estimate of drug-likeness (QED) is 0.837. The Labute approximate surface area is 171 Å². The van der Waals surface area contributed by atoms with E-state index in [-0.39, 0.29) is 5.91 Å². The molecule has 0 spiro atoms. The standard InChI is InChI=1S/C24H28N2O3/c1-15-22(14-29-19-7-6-18-13-26-24(27)21(18)12-19)20(8-9-25-15)17-5-4-16-3-2-10-28-23(16)11-17/h4-7,11-12,15,20,22,25H,2-3,8-10,13-14H2,1H3,(H,26,27)/t15-,20?,22-/m1/s1. The minimum Gasteiger partial charge on any atom is -0.493 e. The summed E-state index contributed by atoms with van der Waals surface area (Å²) >= 11 is 0. The lowest BCUT2D eigenvalue weighted by molar-refractivity contribution is 0.0965. The molecule has 3 aliphatic rings. The summed E-state index contributed by atoms with van der Waals surface area (Å²) in [5, 5.41) is 6.47. The van der Waals surface area contributed by atoms with Crippen LogP contribution in [0, 0.1) is 5.92 Å². The van der Waals surface area contributed by atoms with E-state index >= 15 is 0 Å². The molecule has 2 N–H and O–H groups in total. The number of carbonyl (C=O) groups excluding carboxylic acids is 1. The Morgan fingerprint density at radius 2 is 2.07 bits per heavy atom. The van der Waals surface area contributed by atoms with E-state index in [0.29, 0.717) is 31.0 Å². The SMILES string of the molecule is C[C@H]1NCCC(c2ccc3c(c2)OCCC3)[C@@H]1COc1ccc2c(c1)C(=O)NC2. The van der Waals surface area contributed by atoms with Crippen molar-refractivity contribution >= 4 is 5.91 Å². The molecule has 5 heteroatoms. The smallest absolute Gasteiger partial charge is 0.252 e. The Balaban J connectivity index is 1.34. The van der Waals surface area contributed by atoms with Crippen molar-refractivity contribution in [2.24, 2.45) is 5.92 Å². The Bertz CT molecular complexity index is 926. The van der Waals surface area contributed by atoms with Gasteiger partial charge in [-0.1, -0.05) is 18.2 Å². The highest BCUT2D eigenvalue weighted by molar-refractivity contribution is 5.98. The van der Waals surface area contributed by atoms with Crippen molar-refractivity contribution in [1.82, 2.24) is 10.6 Å². The van der Waals surface area contributed by atoms with Crippen LogP contribution in [0.3, 0.4) is 0 Å². The number of hydrogen-bond acceptors (Lipinski definition) is 4. The van der Waals surface area contributed by atoms with Crippen LogP contribution in [-0.4, -0.2) is 31.7 Å². The molecule has 5 nitrogen and oxygen atoms in total. The number of piperidine rings is 1. The molecular weight excluding hydrogens is 364 g/mol. The number of nitrogens with one attached hydrogen (secondary N) is 2. The summed E-state index contributed by atoms with van der Waals surface area (Å²) < 4.78 is 12.1. The third-order valence-corrected chi connectivity index (χ3v) is 6.66. The molecule has 1 saturated heterocycles. The van der Waals surface area contributed by atoms with Crippen LogP contribution in [0.5, 0.6) is 11.5 Å². The highest BCUT2D eigenvalue weighted by Gasteiger charge is 2.33. The zero-order valence-corrected chi connectivity index (χ0v) is 16.9.